The number of hydrogen-bond acceptors (Lipinski definition) is 9. The Labute approximate surface area is 238 Å². The maximum atomic E-state index is 13.8. The lowest BCUT2D eigenvalue weighted by atomic mass is 9.58. The van der Waals surface area contributed by atoms with Crippen molar-refractivity contribution in [3.63, 3.8) is 0 Å². The van der Waals surface area contributed by atoms with E-state index in [0.717, 1.165) is 6.54 Å². The highest BCUT2D eigenvalue weighted by molar-refractivity contribution is 6.33. The lowest BCUT2D eigenvalue weighted by Crippen LogP contribution is -2.63. The van der Waals surface area contributed by atoms with E-state index in [1.54, 1.807) is 14.1 Å². The number of Topliss-reactive ketones (excluding diaryl/α,β-unsaturated/α-hetero) is 2. The Morgan fingerprint density at radius 3 is 2.33 bits per heavy atom. The summed E-state index contributed by atoms with van der Waals surface area (Å²) in [5, 5.41) is 45.3. The van der Waals surface area contributed by atoms with Crippen molar-refractivity contribution in [1.82, 2.24) is 9.80 Å². The fourth-order valence-corrected chi connectivity index (χ4v) is 6.90. The first-order valence-electron chi connectivity index (χ1n) is 13.5. The van der Waals surface area contributed by atoms with Gasteiger partial charge < -0.3 is 26.2 Å². The van der Waals surface area contributed by atoms with Crippen LogP contribution in [0.1, 0.15) is 55.6 Å². The molecular formula is C29H38ClN3O7. The molecule has 6 N–H and O–H groups in total. The summed E-state index contributed by atoms with van der Waals surface area (Å²) in [6, 6.07) is 0.613. The number of likely N-dealkylation sites (N-methyl/N-ethyl adjacent to an activating group) is 1. The average Bonchev–Trinajstić information content (AvgIpc) is 2.83. The van der Waals surface area contributed by atoms with Gasteiger partial charge in [-0.05, 0) is 69.8 Å². The smallest absolute Gasteiger partial charge is 0.255 e. The summed E-state index contributed by atoms with van der Waals surface area (Å²) in [7, 11) is 3.18. The van der Waals surface area contributed by atoms with Crippen LogP contribution in [0.15, 0.2) is 28.7 Å². The Hall–Kier alpha value is -2.92. The number of nitrogens with zero attached hydrogens (tertiary/aromatic N) is 2. The zero-order chi connectivity index (χ0) is 30.0. The highest BCUT2D eigenvalue weighted by atomic mass is 35.5. The van der Waals surface area contributed by atoms with Gasteiger partial charge in [-0.2, -0.15) is 0 Å². The summed E-state index contributed by atoms with van der Waals surface area (Å²) in [5.41, 5.74) is 2.67. The molecule has 11 heteroatoms. The molecule has 1 unspecified atom stereocenters. The van der Waals surface area contributed by atoms with Crippen LogP contribution in [0.3, 0.4) is 0 Å². The molecule has 218 valence electrons. The van der Waals surface area contributed by atoms with Crippen LogP contribution in [0.4, 0.5) is 0 Å². The van der Waals surface area contributed by atoms with Crippen molar-refractivity contribution in [3.05, 3.63) is 50.4 Å². The van der Waals surface area contributed by atoms with E-state index in [1.807, 2.05) is 0 Å². The van der Waals surface area contributed by atoms with Crippen LogP contribution >= 0.6 is 11.6 Å². The Bertz CT molecular complexity index is 1350. The van der Waals surface area contributed by atoms with Crippen molar-refractivity contribution >= 4 is 29.1 Å². The Morgan fingerprint density at radius 1 is 1.18 bits per heavy atom. The molecule has 0 saturated carbocycles. The van der Waals surface area contributed by atoms with Crippen LogP contribution in [-0.2, 0) is 22.6 Å². The van der Waals surface area contributed by atoms with Crippen LogP contribution in [0.25, 0.3) is 0 Å². The predicted molar refractivity (Wildman–Crippen MR) is 149 cm³/mol. The number of benzene rings is 1. The standard InChI is InChI=1S/C29H38ClN3O7/c1-12(2)10-33(13(3)4)11-15-9-18(34)20-16(22(15)30)7-14-8-17-23(32(5)6)25(36)21(28(31)39)27(38)29(17,40)26(37)19(14)24(20)35/h9,12-14,17,23,34,36-37,40H,7-8,10-11H2,1-6H3,(H2,31,39)/t14-,17-,23-,29?/m0/s1. The first kappa shape index (κ1) is 30.0. The van der Waals surface area contributed by atoms with Crippen LogP contribution < -0.4 is 5.73 Å². The molecule has 0 spiro atoms. The summed E-state index contributed by atoms with van der Waals surface area (Å²) >= 11 is 6.88. The van der Waals surface area contributed by atoms with Gasteiger partial charge in [0.25, 0.3) is 5.91 Å². The Morgan fingerprint density at radius 2 is 1.80 bits per heavy atom. The second-order valence-electron chi connectivity index (χ2n) is 12.1. The number of hydrogen-bond donors (Lipinski definition) is 5. The molecule has 1 aromatic rings. The molecule has 0 saturated heterocycles. The molecule has 1 amide bonds. The number of fused-ring (bicyclic) bond motifs is 3. The van der Waals surface area contributed by atoms with Gasteiger partial charge in [-0.1, -0.05) is 25.4 Å². The zero-order valence-electron chi connectivity index (χ0n) is 23.7. The van der Waals surface area contributed by atoms with Crippen LogP contribution in [0.2, 0.25) is 5.02 Å². The molecule has 10 nitrogen and oxygen atoms in total. The third-order valence-electron chi connectivity index (χ3n) is 8.43. The number of allylic oxidation sites excluding steroid dienone is 1. The molecule has 40 heavy (non-hydrogen) atoms. The van der Waals surface area contributed by atoms with Crippen molar-refractivity contribution in [2.24, 2.45) is 23.5 Å². The van der Waals surface area contributed by atoms with E-state index >= 15 is 0 Å². The minimum Gasteiger partial charge on any atom is -0.510 e. The van der Waals surface area contributed by atoms with Gasteiger partial charge in [0.15, 0.2) is 11.4 Å². The van der Waals surface area contributed by atoms with Crippen molar-refractivity contribution in [3.8, 4) is 5.75 Å². The van der Waals surface area contributed by atoms with Crippen molar-refractivity contribution in [2.45, 2.75) is 64.8 Å². The third-order valence-corrected chi connectivity index (χ3v) is 8.91. The van der Waals surface area contributed by atoms with Crippen molar-refractivity contribution in [1.29, 1.82) is 0 Å². The first-order valence-corrected chi connectivity index (χ1v) is 13.8. The molecule has 3 aliphatic rings. The molecule has 0 heterocycles. The fraction of sp³-hybridized carbons (Fsp3) is 0.552. The molecule has 0 fully saturated rings. The van der Waals surface area contributed by atoms with E-state index in [1.165, 1.54) is 11.0 Å². The van der Waals surface area contributed by atoms with Crippen molar-refractivity contribution in [2.75, 3.05) is 20.6 Å². The van der Waals surface area contributed by atoms with Gasteiger partial charge in [-0.15, -0.1) is 0 Å². The minimum atomic E-state index is -2.67. The fourth-order valence-electron chi connectivity index (χ4n) is 6.61. The Kier molecular flexibility index (Phi) is 7.87. The maximum Gasteiger partial charge on any atom is 0.255 e. The zero-order valence-corrected chi connectivity index (χ0v) is 24.4. The summed E-state index contributed by atoms with van der Waals surface area (Å²) in [6.07, 6.45) is 0.166. The number of carbonyl (C=O) groups is 3. The van der Waals surface area contributed by atoms with Gasteiger partial charge >= 0.3 is 0 Å². The van der Waals surface area contributed by atoms with Gasteiger partial charge in [0, 0.05) is 35.6 Å². The van der Waals surface area contributed by atoms with Gasteiger partial charge in [-0.3, -0.25) is 24.2 Å². The normalized spacial score (nSPS) is 26.6. The highest BCUT2D eigenvalue weighted by Crippen LogP contribution is 2.53. The summed E-state index contributed by atoms with van der Waals surface area (Å²) in [6.45, 7) is 9.62. The summed E-state index contributed by atoms with van der Waals surface area (Å²) < 4.78 is 0. The minimum absolute atomic E-state index is 0.0124. The average molecular weight is 576 g/mol. The van der Waals surface area contributed by atoms with Crippen LogP contribution in [-0.4, -0.2) is 86.0 Å². The van der Waals surface area contributed by atoms with Crippen LogP contribution in [0.5, 0.6) is 5.75 Å². The number of rotatable bonds is 7. The number of nitrogens with two attached hydrogens (primary N) is 1. The molecule has 0 bridgehead atoms. The molecule has 4 atom stereocenters. The highest BCUT2D eigenvalue weighted by Gasteiger charge is 2.63. The molecule has 4 rings (SSSR count). The van der Waals surface area contributed by atoms with Gasteiger partial charge in [0.1, 0.15) is 22.8 Å². The van der Waals surface area contributed by atoms with E-state index in [2.05, 4.69) is 32.6 Å². The SMILES string of the molecule is CC(C)CN(Cc1cc(O)c2c(c1Cl)C[C@H]1C[C@H]3[C@H](N(C)C)C(O)=C(C(N)=O)C(=O)C3(O)C(O)=C1C2=O)C(C)C. The molecular weight excluding hydrogens is 538 g/mol. The molecule has 0 aliphatic heterocycles. The van der Waals surface area contributed by atoms with E-state index in [9.17, 15) is 34.8 Å². The van der Waals surface area contributed by atoms with E-state index in [4.69, 9.17) is 17.3 Å². The third kappa shape index (κ3) is 4.51. The topological polar surface area (TPSA) is 165 Å². The quantitative estimate of drug-likeness (QED) is 0.307. The number of phenols is 1. The Balaban J connectivity index is 1.86. The second-order valence-corrected chi connectivity index (χ2v) is 12.5. The van der Waals surface area contributed by atoms with Gasteiger partial charge in [0.2, 0.25) is 5.78 Å². The number of amides is 1. The maximum absolute atomic E-state index is 13.8. The van der Waals surface area contributed by atoms with Crippen LogP contribution in [0, 0.1) is 17.8 Å². The molecule has 0 aromatic heterocycles. The summed E-state index contributed by atoms with van der Waals surface area (Å²) in [5.74, 6) is -6.44. The van der Waals surface area contributed by atoms with Crippen molar-refractivity contribution < 1.29 is 34.8 Å². The van der Waals surface area contributed by atoms with E-state index in [0.29, 0.717) is 28.6 Å². The molecule has 1 aromatic carbocycles. The van der Waals surface area contributed by atoms with E-state index < -0.39 is 58.0 Å². The first-order chi connectivity index (χ1) is 18.5. The molecule has 3 aliphatic carbocycles. The predicted octanol–water partition coefficient (Wildman–Crippen LogP) is 2.64. The number of carbonyl (C=O) groups excluding carboxylic acids is 3. The number of ketones is 2. The lowest BCUT2D eigenvalue weighted by Gasteiger charge is -2.50. The number of phenolic OH excluding ortho intramolecular Hbond substituents is 1. The monoisotopic (exact) mass is 575 g/mol. The largest absolute Gasteiger partial charge is 0.510 e. The number of aliphatic hydroxyl groups is 3. The summed E-state index contributed by atoms with van der Waals surface area (Å²) in [4.78, 5) is 43.0. The number of aromatic hydroxyl groups is 1. The number of primary amides is 1. The number of halogens is 1. The molecule has 0 radical (unpaired) electrons. The lowest BCUT2D eigenvalue weighted by molar-refractivity contribution is -0.148. The van der Waals surface area contributed by atoms with E-state index in [-0.39, 0.29) is 35.8 Å². The van der Waals surface area contributed by atoms with Gasteiger partial charge in [0.05, 0.1) is 11.6 Å². The van der Waals surface area contributed by atoms with Gasteiger partial charge in [-0.25, -0.2) is 0 Å². The number of aliphatic hydroxyl groups excluding tert-OH is 2. The second kappa shape index (κ2) is 10.5.